The summed E-state index contributed by atoms with van der Waals surface area (Å²) < 4.78 is 0. The molecule has 26 heavy (non-hydrogen) atoms. The van der Waals surface area contributed by atoms with Crippen LogP contribution in [0.15, 0.2) is 54.9 Å². The molecule has 0 aliphatic carbocycles. The molecular weight excluding hydrogens is 324 g/mol. The first kappa shape index (κ1) is 18.5. The summed E-state index contributed by atoms with van der Waals surface area (Å²) in [4.78, 5) is 16.7. The number of amides is 1. The van der Waals surface area contributed by atoms with Crippen LogP contribution in [-0.2, 0) is 16.8 Å². The molecule has 1 saturated heterocycles. The van der Waals surface area contributed by atoms with Gasteiger partial charge in [-0.1, -0.05) is 30.3 Å². The van der Waals surface area contributed by atoms with Crippen LogP contribution in [0, 0.1) is 5.92 Å². The molecule has 1 aromatic heterocycles. The van der Waals surface area contributed by atoms with Gasteiger partial charge in [-0.3, -0.25) is 15.1 Å². The van der Waals surface area contributed by atoms with Crippen LogP contribution in [0.3, 0.4) is 0 Å². The third-order valence-electron chi connectivity index (χ3n) is 5.34. The third kappa shape index (κ3) is 4.48. The number of nitrogens with one attached hydrogen (secondary N) is 2. The van der Waals surface area contributed by atoms with E-state index >= 15 is 0 Å². The van der Waals surface area contributed by atoms with Crippen molar-refractivity contribution in [2.75, 3.05) is 19.6 Å². The van der Waals surface area contributed by atoms with Gasteiger partial charge in [-0.05, 0) is 68.1 Å². The quantitative estimate of drug-likeness (QED) is 0.679. The number of hydrogen-bond donors (Lipinski definition) is 3. The molecule has 1 amide bonds. The van der Waals surface area contributed by atoms with Gasteiger partial charge in [0.05, 0.1) is 0 Å². The lowest BCUT2D eigenvalue weighted by Gasteiger charge is -2.34. The molecule has 1 fully saturated rings. The van der Waals surface area contributed by atoms with Crippen molar-refractivity contribution in [2.45, 2.75) is 31.2 Å². The number of benzene rings is 1. The molecule has 138 valence electrons. The molecule has 1 aromatic carbocycles. The lowest BCUT2D eigenvalue weighted by Crippen LogP contribution is -2.54. The Bertz CT molecular complexity index is 686. The fraction of sp³-hybridized carbons (Fsp3) is 0.429. The van der Waals surface area contributed by atoms with Crippen molar-refractivity contribution >= 4 is 5.91 Å². The zero-order valence-electron chi connectivity index (χ0n) is 15.2. The van der Waals surface area contributed by atoms with Crippen LogP contribution in [0.25, 0.3) is 0 Å². The zero-order valence-corrected chi connectivity index (χ0v) is 15.2. The van der Waals surface area contributed by atoms with Crippen molar-refractivity contribution in [1.29, 1.82) is 0 Å². The molecule has 2 heterocycles. The molecule has 0 saturated carbocycles. The molecule has 3 rings (SSSR count). The molecule has 0 spiro atoms. The number of nitrogens with zero attached hydrogens (tertiary/aromatic N) is 1. The minimum Gasteiger partial charge on any atom is -0.368 e. The molecule has 0 bridgehead atoms. The van der Waals surface area contributed by atoms with E-state index in [0.29, 0.717) is 12.3 Å². The molecule has 1 atom stereocenters. The Hall–Kier alpha value is -2.24. The maximum atomic E-state index is 12.6. The van der Waals surface area contributed by atoms with Crippen LogP contribution in [-0.4, -0.2) is 30.5 Å². The molecule has 0 radical (unpaired) electrons. The molecule has 5 nitrogen and oxygen atoms in total. The summed E-state index contributed by atoms with van der Waals surface area (Å²) in [6, 6.07) is 13.7. The fourth-order valence-electron chi connectivity index (χ4n) is 3.77. The Balaban J connectivity index is 1.80. The third-order valence-corrected chi connectivity index (χ3v) is 5.34. The van der Waals surface area contributed by atoms with E-state index in [1.54, 1.807) is 12.4 Å². The van der Waals surface area contributed by atoms with Gasteiger partial charge in [-0.2, -0.15) is 0 Å². The van der Waals surface area contributed by atoms with Crippen LogP contribution in [0.1, 0.15) is 30.4 Å². The van der Waals surface area contributed by atoms with E-state index in [0.717, 1.165) is 37.2 Å². The first-order valence-corrected chi connectivity index (χ1v) is 9.41. The number of piperidine rings is 1. The van der Waals surface area contributed by atoms with Gasteiger partial charge in [0.25, 0.3) is 0 Å². The van der Waals surface area contributed by atoms with Crippen LogP contribution >= 0.6 is 0 Å². The van der Waals surface area contributed by atoms with Gasteiger partial charge in [-0.15, -0.1) is 0 Å². The van der Waals surface area contributed by atoms with Crippen LogP contribution in [0.4, 0.5) is 0 Å². The first-order chi connectivity index (χ1) is 12.7. The second-order valence-corrected chi connectivity index (χ2v) is 7.08. The summed E-state index contributed by atoms with van der Waals surface area (Å²) in [5.41, 5.74) is 6.99. The molecular formula is C21H28N4O. The Morgan fingerprint density at radius 3 is 2.50 bits per heavy atom. The van der Waals surface area contributed by atoms with E-state index in [2.05, 4.69) is 15.6 Å². The summed E-state index contributed by atoms with van der Waals surface area (Å²) in [6.45, 7) is 2.94. The second kappa shape index (κ2) is 8.92. The van der Waals surface area contributed by atoms with Crippen molar-refractivity contribution in [3.63, 3.8) is 0 Å². The SMILES string of the molecule is NC(=O)C(Cc1ccncc1)(NCCC1CCNCC1)c1ccccc1. The van der Waals surface area contributed by atoms with E-state index < -0.39 is 5.54 Å². The Kier molecular flexibility index (Phi) is 6.36. The highest BCUT2D eigenvalue weighted by atomic mass is 16.1. The number of aromatic nitrogens is 1. The number of nitrogens with two attached hydrogens (primary N) is 1. The van der Waals surface area contributed by atoms with Gasteiger partial charge in [0.15, 0.2) is 0 Å². The summed E-state index contributed by atoms with van der Waals surface area (Å²) in [7, 11) is 0. The first-order valence-electron chi connectivity index (χ1n) is 9.41. The van der Waals surface area contributed by atoms with Crippen LogP contribution in [0.5, 0.6) is 0 Å². The largest absolute Gasteiger partial charge is 0.368 e. The molecule has 5 heteroatoms. The van der Waals surface area contributed by atoms with Gasteiger partial charge in [0.1, 0.15) is 5.54 Å². The minimum atomic E-state index is -0.907. The highest BCUT2D eigenvalue weighted by Gasteiger charge is 2.38. The van der Waals surface area contributed by atoms with Gasteiger partial charge in [0, 0.05) is 18.8 Å². The van der Waals surface area contributed by atoms with Gasteiger partial charge < -0.3 is 11.1 Å². The van der Waals surface area contributed by atoms with E-state index in [1.807, 2.05) is 42.5 Å². The van der Waals surface area contributed by atoms with Crippen molar-refractivity contribution in [1.82, 2.24) is 15.6 Å². The summed E-state index contributed by atoms with van der Waals surface area (Å²) >= 11 is 0. The summed E-state index contributed by atoms with van der Waals surface area (Å²) in [5.74, 6) is 0.358. The maximum absolute atomic E-state index is 12.6. The molecule has 1 aliphatic heterocycles. The van der Waals surface area contributed by atoms with E-state index in [-0.39, 0.29) is 5.91 Å². The number of pyridine rings is 1. The van der Waals surface area contributed by atoms with Crippen molar-refractivity contribution in [2.24, 2.45) is 11.7 Å². The Morgan fingerprint density at radius 2 is 1.85 bits per heavy atom. The van der Waals surface area contributed by atoms with Crippen LogP contribution in [0.2, 0.25) is 0 Å². The monoisotopic (exact) mass is 352 g/mol. The lowest BCUT2D eigenvalue weighted by molar-refractivity contribution is -0.124. The van der Waals surface area contributed by atoms with E-state index in [9.17, 15) is 4.79 Å². The van der Waals surface area contributed by atoms with Gasteiger partial charge >= 0.3 is 0 Å². The number of hydrogen-bond acceptors (Lipinski definition) is 4. The molecule has 2 aromatic rings. The minimum absolute atomic E-state index is 0.342. The fourth-order valence-corrected chi connectivity index (χ4v) is 3.77. The van der Waals surface area contributed by atoms with Crippen LogP contribution < -0.4 is 16.4 Å². The van der Waals surface area contributed by atoms with Crippen molar-refractivity contribution in [3.05, 3.63) is 66.0 Å². The predicted octanol–water partition coefficient (Wildman–Crippen LogP) is 1.98. The number of carbonyl (C=O) groups excluding carboxylic acids is 1. The van der Waals surface area contributed by atoms with E-state index in [4.69, 9.17) is 5.73 Å². The standard InChI is InChI=1S/C21H28N4O/c22-20(26)21(19-4-2-1-3-5-19,16-18-8-13-24-14-9-18)25-15-10-17-6-11-23-12-7-17/h1-5,8-9,13-14,17,23,25H,6-7,10-12,15-16H2,(H2,22,26). The maximum Gasteiger partial charge on any atom is 0.242 e. The molecule has 1 unspecified atom stereocenters. The average molecular weight is 352 g/mol. The van der Waals surface area contributed by atoms with E-state index in [1.165, 1.54) is 12.8 Å². The molecule has 4 N–H and O–H groups in total. The zero-order chi connectivity index (χ0) is 18.2. The molecule has 1 aliphatic rings. The van der Waals surface area contributed by atoms with Crippen molar-refractivity contribution in [3.8, 4) is 0 Å². The Labute approximate surface area is 155 Å². The Morgan fingerprint density at radius 1 is 1.15 bits per heavy atom. The lowest BCUT2D eigenvalue weighted by atomic mass is 9.82. The van der Waals surface area contributed by atoms with Crippen molar-refractivity contribution < 1.29 is 4.79 Å². The van der Waals surface area contributed by atoms with Gasteiger partial charge in [-0.25, -0.2) is 0 Å². The normalized spacial score (nSPS) is 17.5. The topological polar surface area (TPSA) is 80.0 Å². The smallest absolute Gasteiger partial charge is 0.242 e. The number of carbonyl (C=O) groups is 1. The summed E-state index contributed by atoms with van der Waals surface area (Å²) in [6.07, 6.45) is 7.46. The average Bonchev–Trinajstić information content (AvgIpc) is 2.69. The summed E-state index contributed by atoms with van der Waals surface area (Å²) in [5, 5.41) is 6.93. The van der Waals surface area contributed by atoms with Gasteiger partial charge in [0.2, 0.25) is 5.91 Å². The highest BCUT2D eigenvalue weighted by Crippen LogP contribution is 2.26. The number of rotatable bonds is 8. The number of primary amides is 1. The highest BCUT2D eigenvalue weighted by molar-refractivity contribution is 5.86. The predicted molar refractivity (Wildman–Crippen MR) is 103 cm³/mol. The second-order valence-electron chi connectivity index (χ2n) is 7.08.